The molecule has 1 atom stereocenters. The first-order valence-electron chi connectivity index (χ1n) is 9.28. The van der Waals surface area contributed by atoms with Crippen LogP contribution >= 0.6 is 0 Å². The molecular weight excluding hydrogens is 344 g/mol. The van der Waals surface area contributed by atoms with Gasteiger partial charge in [-0.15, -0.1) is 0 Å². The van der Waals surface area contributed by atoms with Crippen LogP contribution in [0.5, 0.6) is 11.5 Å². The van der Waals surface area contributed by atoms with E-state index in [0.717, 1.165) is 11.3 Å². The maximum absolute atomic E-state index is 11.2. The van der Waals surface area contributed by atoms with E-state index < -0.39 is 12.1 Å². The van der Waals surface area contributed by atoms with Gasteiger partial charge in [0.1, 0.15) is 24.7 Å². The summed E-state index contributed by atoms with van der Waals surface area (Å²) in [5.41, 5.74) is 2.14. The summed E-state index contributed by atoms with van der Waals surface area (Å²) in [6, 6.07) is 15.5. The predicted octanol–water partition coefficient (Wildman–Crippen LogP) is 4.30. The summed E-state index contributed by atoms with van der Waals surface area (Å²) in [5.74, 6) is 1.04. The van der Waals surface area contributed by atoms with E-state index in [1.165, 1.54) is 5.56 Å². The summed E-state index contributed by atoms with van der Waals surface area (Å²) in [7, 11) is 0. The van der Waals surface area contributed by atoms with Crippen LogP contribution in [0.15, 0.2) is 48.5 Å². The molecule has 0 radical (unpaired) electrons. The van der Waals surface area contributed by atoms with Crippen molar-refractivity contribution in [2.45, 2.75) is 39.2 Å². The van der Waals surface area contributed by atoms with Crippen LogP contribution in [-0.2, 0) is 16.0 Å². The molecule has 0 aliphatic rings. The first-order chi connectivity index (χ1) is 13.0. The van der Waals surface area contributed by atoms with Crippen LogP contribution in [0, 0.1) is 0 Å². The minimum atomic E-state index is -0.958. The van der Waals surface area contributed by atoms with Gasteiger partial charge in [0.25, 0.3) is 0 Å². The molecule has 0 amide bonds. The van der Waals surface area contributed by atoms with Gasteiger partial charge < -0.3 is 19.3 Å². The number of carbonyl (C=O) groups is 1. The minimum Gasteiger partial charge on any atom is -0.490 e. The molecule has 0 saturated heterocycles. The molecule has 5 nitrogen and oxygen atoms in total. The standard InChI is InChI=1S/C22H28O5/c1-4-25-21(22(23)24)15-17-6-5-7-20(14-17)27-13-12-26-19-10-8-18(9-11-19)16(2)3/h5-11,14,16,21H,4,12-13,15H2,1-3H3,(H,23,24). The van der Waals surface area contributed by atoms with Crippen LogP contribution in [0.4, 0.5) is 0 Å². The van der Waals surface area contributed by atoms with Crippen molar-refractivity contribution in [3.05, 3.63) is 59.7 Å². The number of aliphatic carboxylic acids is 1. The predicted molar refractivity (Wildman–Crippen MR) is 105 cm³/mol. The second-order valence-electron chi connectivity index (χ2n) is 6.55. The smallest absolute Gasteiger partial charge is 0.333 e. The van der Waals surface area contributed by atoms with Gasteiger partial charge in [0.15, 0.2) is 6.10 Å². The quantitative estimate of drug-likeness (QED) is 0.596. The van der Waals surface area contributed by atoms with Gasteiger partial charge >= 0.3 is 5.97 Å². The van der Waals surface area contributed by atoms with Crippen LogP contribution in [-0.4, -0.2) is 37.0 Å². The van der Waals surface area contributed by atoms with Crippen molar-refractivity contribution in [3.8, 4) is 11.5 Å². The third-order valence-corrected chi connectivity index (χ3v) is 4.13. The fourth-order valence-electron chi connectivity index (χ4n) is 2.66. The Morgan fingerprint density at radius 2 is 1.67 bits per heavy atom. The van der Waals surface area contributed by atoms with Crippen molar-refractivity contribution in [2.75, 3.05) is 19.8 Å². The Balaban J connectivity index is 1.81. The maximum atomic E-state index is 11.2. The maximum Gasteiger partial charge on any atom is 0.333 e. The Hall–Kier alpha value is -2.53. The molecule has 2 rings (SSSR count). The zero-order valence-electron chi connectivity index (χ0n) is 16.2. The topological polar surface area (TPSA) is 65.0 Å². The number of carboxylic acids is 1. The third-order valence-electron chi connectivity index (χ3n) is 4.13. The van der Waals surface area contributed by atoms with E-state index >= 15 is 0 Å². The highest BCUT2D eigenvalue weighted by molar-refractivity contribution is 5.72. The zero-order chi connectivity index (χ0) is 19.6. The van der Waals surface area contributed by atoms with Gasteiger partial charge in [-0.3, -0.25) is 0 Å². The van der Waals surface area contributed by atoms with Crippen molar-refractivity contribution in [1.29, 1.82) is 0 Å². The highest BCUT2D eigenvalue weighted by Crippen LogP contribution is 2.19. The molecule has 1 unspecified atom stereocenters. The summed E-state index contributed by atoms with van der Waals surface area (Å²) in [5, 5.41) is 9.19. The van der Waals surface area contributed by atoms with E-state index in [0.29, 0.717) is 37.9 Å². The Kier molecular flexibility index (Phi) is 8.14. The largest absolute Gasteiger partial charge is 0.490 e. The molecule has 0 aliphatic heterocycles. The van der Waals surface area contributed by atoms with E-state index in [4.69, 9.17) is 14.2 Å². The molecule has 0 aliphatic carbocycles. The lowest BCUT2D eigenvalue weighted by atomic mass is 10.0. The van der Waals surface area contributed by atoms with Crippen LogP contribution in [0.1, 0.15) is 37.8 Å². The molecule has 2 aromatic rings. The van der Waals surface area contributed by atoms with E-state index in [2.05, 4.69) is 26.0 Å². The molecule has 2 aromatic carbocycles. The zero-order valence-corrected chi connectivity index (χ0v) is 16.2. The molecular formula is C22H28O5. The van der Waals surface area contributed by atoms with Crippen LogP contribution in [0.3, 0.4) is 0 Å². The molecule has 0 bridgehead atoms. The Labute approximate surface area is 160 Å². The summed E-state index contributed by atoms with van der Waals surface area (Å²) < 4.78 is 16.7. The Bertz CT molecular complexity index is 709. The molecule has 0 saturated carbocycles. The van der Waals surface area contributed by atoms with Gasteiger partial charge in [0.2, 0.25) is 0 Å². The lowest BCUT2D eigenvalue weighted by Crippen LogP contribution is -2.26. The van der Waals surface area contributed by atoms with Crippen molar-refractivity contribution < 1.29 is 24.1 Å². The van der Waals surface area contributed by atoms with Gasteiger partial charge in [-0.25, -0.2) is 4.79 Å². The van der Waals surface area contributed by atoms with Gasteiger partial charge in [-0.1, -0.05) is 38.1 Å². The second kappa shape index (κ2) is 10.6. The molecule has 27 heavy (non-hydrogen) atoms. The average Bonchev–Trinajstić information content (AvgIpc) is 2.65. The van der Waals surface area contributed by atoms with Gasteiger partial charge in [-0.05, 0) is 48.2 Å². The van der Waals surface area contributed by atoms with Gasteiger partial charge in [0, 0.05) is 13.0 Å². The second-order valence-corrected chi connectivity index (χ2v) is 6.55. The van der Waals surface area contributed by atoms with Crippen LogP contribution < -0.4 is 9.47 Å². The number of ether oxygens (including phenoxy) is 3. The highest BCUT2D eigenvalue weighted by atomic mass is 16.5. The van der Waals surface area contributed by atoms with Crippen molar-refractivity contribution in [1.82, 2.24) is 0 Å². The number of hydrogen-bond donors (Lipinski definition) is 1. The molecule has 146 valence electrons. The van der Waals surface area contributed by atoms with Crippen molar-refractivity contribution in [2.24, 2.45) is 0 Å². The number of benzene rings is 2. The van der Waals surface area contributed by atoms with E-state index in [-0.39, 0.29) is 0 Å². The summed E-state index contributed by atoms with van der Waals surface area (Å²) in [6.45, 7) is 7.30. The highest BCUT2D eigenvalue weighted by Gasteiger charge is 2.18. The molecule has 0 aromatic heterocycles. The Morgan fingerprint density at radius 1 is 1.00 bits per heavy atom. The number of hydrogen-bond acceptors (Lipinski definition) is 4. The Morgan fingerprint density at radius 3 is 2.26 bits per heavy atom. The van der Waals surface area contributed by atoms with E-state index in [1.807, 2.05) is 36.4 Å². The molecule has 5 heteroatoms. The molecule has 0 fully saturated rings. The number of carboxylic acid groups (broad SMARTS) is 1. The van der Waals surface area contributed by atoms with E-state index in [1.54, 1.807) is 6.92 Å². The first-order valence-corrected chi connectivity index (χ1v) is 9.28. The first kappa shape index (κ1) is 20.8. The van der Waals surface area contributed by atoms with Crippen LogP contribution in [0.2, 0.25) is 0 Å². The monoisotopic (exact) mass is 372 g/mol. The third kappa shape index (κ3) is 6.94. The van der Waals surface area contributed by atoms with E-state index in [9.17, 15) is 9.90 Å². The molecule has 0 heterocycles. The normalized spacial score (nSPS) is 12.0. The lowest BCUT2D eigenvalue weighted by molar-refractivity contribution is -0.149. The fourth-order valence-corrected chi connectivity index (χ4v) is 2.66. The summed E-state index contributed by atoms with van der Waals surface area (Å²) in [6.07, 6.45) is -0.540. The molecule has 1 N–H and O–H groups in total. The number of rotatable bonds is 11. The van der Waals surface area contributed by atoms with Gasteiger partial charge in [-0.2, -0.15) is 0 Å². The fraction of sp³-hybridized carbons (Fsp3) is 0.409. The minimum absolute atomic E-state index is 0.305. The molecule has 0 spiro atoms. The van der Waals surface area contributed by atoms with Gasteiger partial charge in [0.05, 0.1) is 0 Å². The van der Waals surface area contributed by atoms with Crippen molar-refractivity contribution in [3.63, 3.8) is 0 Å². The summed E-state index contributed by atoms with van der Waals surface area (Å²) in [4.78, 5) is 11.2. The lowest BCUT2D eigenvalue weighted by Gasteiger charge is -2.13. The van der Waals surface area contributed by atoms with Crippen molar-refractivity contribution >= 4 is 5.97 Å². The SMILES string of the molecule is CCOC(Cc1cccc(OCCOc2ccc(C(C)C)cc2)c1)C(=O)O. The summed E-state index contributed by atoms with van der Waals surface area (Å²) >= 11 is 0. The van der Waals surface area contributed by atoms with Crippen LogP contribution in [0.25, 0.3) is 0 Å². The average molecular weight is 372 g/mol.